The van der Waals surface area contributed by atoms with Gasteiger partial charge >= 0.3 is 5.97 Å². The molecular formula is C5H7ClO4. The normalized spacial score (nSPS) is 12.6. The molecule has 0 aromatic carbocycles. The molecule has 0 bridgehead atoms. The second kappa shape index (κ2) is 4.24. The lowest BCUT2D eigenvalue weighted by Crippen LogP contribution is -2.27. The molecule has 1 N–H and O–H groups in total. The van der Waals surface area contributed by atoms with E-state index in [4.69, 9.17) is 16.7 Å². The van der Waals surface area contributed by atoms with Gasteiger partial charge in [0.05, 0.1) is 0 Å². The van der Waals surface area contributed by atoms with Crippen LogP contribution in [0.25, 0.3) is 0 Å². The number of aliphatic carboxylic acids is 1. The number of carboxylic acids is 1. The van der Waals surface area contributed by atoms with Crippen molar-refractivity contribution in [2.24, 2.45) is 0 Å². The maximum Gasteiger partial charge on any atom is 0.329 e. The van der Waals surface area contributed by atoms with E-state index in [1.54, 1.807) is 0 Å². The van der Waals surface area contributed by atoms with Crippen molar-refractivity contribution in [3.8, 4) is 0 Å². The van der Waals surface area contributed by atoms with E-state index in [9.17, 15) is 9.59 Å². The third kappa shape index (κ3) is 2.80. The summed E-state index contributed by atoms with van der Waals surface area (Å²) in [5.41, 5.74) is 0. The highest BCUT2D eigenvalue weighted by Gasteiger charge is 2.22. The SMILES string of the molecule is COCC(=O)C(Cl)C(=O)O. The molecule has 1 atom stereocenters. The Labute approximate surface area is 62.7 Å². The third-order valence-corrected chi connectivity index (χ3v) is 1.22. The molecule has 5 heteroatoms. The average Bonchev–Trinajstić information content (AvgIpc) is 1.87. The molecule has 0 aliphatic rings. The zero-order chi connectivity index (χ0) is 8.15. The van der Waals surface area contributed by atoms with Crippen molar-refractivity contribution in [3.63, 3.8) is 0 Å². The van der Waals surface area contributed by atoms with E-state index < -0.39 is 17.1 Å². The van der Waals surface area contributed by atoms with E-state index in [0.717, 1.165) is 0 Å². The molecule has 4 nitrogen and oxygen atoms in total. The lowest BCUT2D eigenvalue weighted by molar-refractivity contribution is -0.140. The number of Topliss-reactive ketones (excluding diaryl/α,β-unsaturated/α-hetero) is 1. The van der Waals surface area contributed by atoms with Gasteiger partial charge in [-0.15, -0.1) is 11.6 Å². The Morgan fingerprint density at radius 1 is 1.70 bits per heavy atom. The number of ether oxygens (including phenoxy) is 1. The van der Waals surface area contributed by atoms with Gasteiger partial charge in [-0.2, -0.15) is 0 Å². The Kier molecular flexibility index (Phi) is 3.99. The molecular weight excluding hydrogens is 160 g/mol. The number of hydrogen-bond acceptors (Lipinski definition) is 3. The quantitative estimate of drug-likeness (QED) is 0.468. The Morgan fingerprint density at radius 3 is 2.50 bits per heavy atom. The largest absolute Gasteiger partial charge is 0.480 e. The van der Waals surface area contributed by atoms with Gasteiger partial charge in [0.25, 0.3) is 0 Å². The number of carboxylic acid groups (broad SMARTS) is 1. The summed E-state index contributed by atoms with van der Waals surface area (Å²) in [6.45, 7) is -0.263. The molecule has 0 aliphatic heterocycles. The monoisotopic (exact) mass is 166 g/mol. The van der Waals surface area contributed by atoms with Gasteiger partial charge in [0.15, 0.2) is 11.2 Å². The van der Waals surface area contributed by atoms with Crippen molar-refractivity contribution >= 4 is 23.4 Å². The highest BCUT2D eigenvalue weighted by molar-refractivity contribution is 6.40. The van der Waals surface area contributed by atoms with Gasteiger partial charge in [0.1, 0.15) is 6.61 Å². The molecule has 0 fully saturated rings. The highest BCUT2D eigenvalue weighted by atomic mass is 35.5. The summed E-state index contributed by atoms with van der Waals surface area (Å²) >= 11 is 5.12. The minimum atomic E-state index is -1.49. The van der Waals surface area contributed by atoms with Gasteiger partial charge in [-0.05, 0) is 0 Å². The van der Waals surface area contributed by atoms with Crippen molar-refractivity contribution in [1.82, 2.24) is 0 Å². The van der Waals surface area contributed by atoms with Crippen LogP contribution >= 0.6 is 11.6 Å². The van der Waals surface area contributed by atoms with Gasteiger partial charge < -0.3 is 9.84 Å². The van der Waals surface area contributed by atoms with Gasteiger partial charge in [-0.3, -0.25) is 9.59 Å². The predicted octanol–water partition coefficient (Wildman–Crippen LogP) is -0.106. The van der Waals surface area contributed by atoms with Crippen LogP contribution in [0.4, 0.5) is 0 Å². The van der Waals surface area contributed by atoms with Crippen molar-refractivity contribution in [1.29, 1.82) is 0 Å². The maximum absolute atomic E-state index is 10.5. The van der Waals surface area contributed by atoms with E-state index in [1.807, 2.05) is 0 Å². The predicted molar refractivity (Wildman–Crippen MR) is 34.2 cm³/mol. The van der Waals surface area contributed by atoms with Crippen LogP contribution in [0.15, 0.2) is 0 Å². The summed E-state index contributed by atoms with van der Waals surface area (Å²) in [7, 11) is 1.29. The lowest BCUT2D eigenvalue weighted by Gasteiger charge is -2.00. The number of alkyl halides is 1. The van der Waals surface area contributed by atoms with E-state index >= 15 is 0 Å². The number of rotatable bonds is 4. The molecule has 0 aromatic heterocycles. The average molecular weight is 167 g/mol. The molecule has 0 saturated heterocycles. The van der Waals surface area contributed by atoms with Crippen LogP contribution in [0.3, 0.4) is 0 Å². The smallest absolute Gasteiger partial charge is 0.329 e. The van der Waals surface area contributed by atoms with E-state index in [1.165, 1.54) is 7.11 Å². The number of methoxy groups -OCH3 is 1. The van der Waals surface area contributed by atoms with Crippen molar-refractivity contribution < 1.29 is 19.4 Å². The molecule has 0 aromatic rings. The van der Waals surface area contributed by atoms with Crippen LogP contribution in [0.2, 0.25) is 0 Å². The fourth-order valence-corrected chi connectivity index (χ4v) is 0.416. The van der Waals surface area contributed by atoms with Crippen molar-refractivity contribution in [2.75, 3.05) is 13.7 Å². The van der Waals surface area contributed by atoms with Crippen LogP contribution in [-0.4, -0.2) is 36.0 Å². The Balaban J connectivity index is 3.82. The summed E-state index contributed by atoms with van der Waals surface area (Å²) in [6, 6.07) is 0. The fraction of sp³-hybridized carbons (Fsp3) is 0.600. The van der Waals surface area contributed by atoms with Gasteiger partial charge in [0, 0.05) is 7.11 Å². The van der Waals surface area contributed by atoms with Gasteiger partial charge in [0.2, 0.25) is 0 Å². The van der Waals surface area contributed by atoms with Crippen LogP contribution in [-0.2, 0) is 14.3 Å². The zero-order valence-corrected chi connectivity index (χ0v) is 6.09. The number of halogens is 1. The molecule has 0 saturated carbocycles. The standard InChI is InChI=1S/C5H7ClO4/c1-10-2-3(7)4(6)5(8)9/h4H,2H2,1H3,(H,8,9). The first-order valence-electron chi connectivity index (χ1n) is 2.48. The summed E-state index contributed by atoms with van der Waals surface area (Å²) in [5.74, 6) is -1.99. The van der Waals surface area contributed by atoms with Crippen LogP contribution in [0.5, 0.6) is 0 Å². The summed E-state index contributed by atoms with van der Waals surface area (Å²) < 4.78 is 4.38. The third-order valence-electron chi connectivity index (χ3n) is 0.786. The van der Waals surface area contributed by atoms with Crippen LogP contribution < -0.4 is 0 Å². The minimum Gasteiger partial charge on any atom is -0.480 e. The second-order valence-electron chi connectivity index (χ2n) is 1.60. The molecule has 0 spiro atoms. The summed E-state index contributed by atoms with van der Waals surface area (Å²) in [6.07, 6.45) is 0. The van der Waals surface area contributed by atoms with Crippen molar-refractivity contribution in [2.45, 2.75) is 5.38 Å². The lowest BCUT2D eigenvalue weighted by atomic mass is 10.3. The fourth-order valence-electron chi connectivity index (χ4n) is 0.353. The van der Waals surface area contributed by atoms with E-state index in [0.29, 0.717) is 0 Å². The first-order chi connectivity index (χ1) is 4.59. The Morgan fingerprint density at radius 2 is 2.20 bits per heavy atom. The number of carbonyl (C=O) groups excluding carboxylic acids is 1. The topological polar surface area (TPSA) is 63.6 Å². The first-order valence-corrected chi connectivity index (χ1v) is 2.91. The first kappa shape index (κ1) is 9.39. The van der Waals surface area contributed by atoms with E-state index in [-0.39, 0.29) is 6.61 Å². The van der Waals surface area contributed by atoms with Crippen molar-refractivity contribution in [3.05, 3.63) is 0 Å². The molecule has 0 radical (unpaired) electrons. The Bertz CT molecular complexity index is 145. The summed E-state index contributed by atoms with van der Waals surface area (Å²) in [4.78, 5) is 20.6. The molecule has 0 rings (SSSR count). The number of carbonyl (C=O) groups is 2. The van der Waals surface area contributed by atoms with Crippen LogP contribution in [0.1, 0.15) is 0 Å². The molecule has 0 amide bonds. The zero-order valence-electron chi connectivity index (χ0n) is 5.33. The number of ketones is 1. The molecule has 58 valence electrons. The Hall–Kier alpha value is -0.610. The van der Waals surface area contributed by atoms with E-state index in [2.05, 4.69) is 4.74 Å². The van der Waals surface area contributed by atoms with Gasteiger partial charge in [-0.25, -0.2) is 0 Å². The molecule has 1 unspecified atom stereocenters. The molecule has 10 heavy (non-hydrogen) atoms. The highest BCUT2D eigenvalue weighted by Crippen LogP contribution is 1.97. The van der Waals surface area contributed by atoms with Gasteiger partial charge in [-0.1, -0.05) is 0 Å². The molecule has 0 heterocycles. The molecule has 0 aliphatic carbocycles. The minimum absolute atomic E-state index is 0.263. The summed E-state index contributed by atoms with van der Waals surface area (Å²) in [5, 5.41) is 6.68. The maximum atomic E-state index is 10.5. The van der Waals surface area contributed by atoms with Crippen LogP contribution in [0, 0.1) is 0 Å². The number of hydrogen-bond donors (Lipinski definition) is 1. The second-order valence-corrected chi connectivity index (χ2v) is 2.04.